The fourth-order valence-corrected chi connectivity index (χ4v) is 1.53. The van der Waals surface area contributed by atoms with Gasteiger partial charge in [0.1, 0.15) is 9.67 Å². The van der Waals surface area contributed by atoms with Crippen LogP contribution >= 0.6 is 46.4 Å². The number of pyridine rings is 1. The molecular weight excluding hydrogens is 240 g/mol. The monoisotopic (exact) mass is 243 g/mol. The molecule has 0 aliphatic carbocycles. The maximum absolute atomic E-state index is 5.66. The molecule has 1 aromatic rings. The smallest absolute Gasteiger partial charge is 0.149 e. The molecule has 0 saturated heterocycles. The molecule has 1 rings (SSSR count). The highest BCUT2D eigenvalue weighted by Crippen LogP contribution is 2.33. The van der Waals surface area contributed by atoms with E-state index in [0.717, 1.165) is 0 Å². The third-order valence-corrected chi connectivity index (χ3v) is 2.20. The van der Waals surface area contributed by atoms with E-state index in [1.807, 2.05) is 0 Å². The number of hydrogen-bond acceptors (Lipinski definition) is 1. The van der Waals surface area contributed by atoms with Gasteiger partial charge in [-0.1, -0.05) is 52.5 Å². The van der Waals surface area contributed by atoms with E-state index in [0.29, 0.717) is 11.3 Å². The van der Waals surface area contributed by atoms with E-state index < -0.39 is 9.67 Å². The summed E-state index contributed by atoms with van der Waals surface area (Å²) in [4.78, 5) is 2.63. The molecule has 1 heterocycles. The SMILES string of the molecule is ClC(Cl)c1cccnc1C(Cl)Cl. The summed E-state index contributed by atoms with van der Waals surface area (Å²) in [6, 6.07) is 3.47. The van der Waals surface area contributed by atoms with Gasteiger partial charge in [0.05, 0.1) is 5.69 Å². The first-order chi connectivity index (χ1) is 5.63. The second kappa shape index (κ2) is 4.52. The summed E-state index contributed by atoms with van der Waals surface area (Å²) < 4.78 is 0. The molecule has 1 nitrogen and oxygen atoms in total. The number of aromatic nitrogens is 1. The van der Waals surface area contributed by atoms with Crippen molar-refractivity contribution in [1.29, 1.82) is 0 Å². The maximum Gasteiger partial charge on any atom is 0.149 e. The van der Waals surface area contributed by atoms with Crippen LogP contribution in [0.25, 0.3) is 0 Å². The van der Waals surface area contributed by atoms with Gasteiger partial charge in [-0.2, -0.15) is 0 Å². The summed E-state index contributed by atoms with van der Waals surface area (Å²) in [6.45, 7) is 0. The molecule has 0 aliphatic heterocycles. The number of rotatable bonds is 2. The molecule has 0 aromatic carbocycles. The molecule has 0 fully saturated rings. The normalized spacial score (nSPS) is 11.2. The summed E-state index contributed by atoms with van der Waals surface area (Å²) in [5, 5.41) is 0. The first kappa shape index (κ1) is 10.4. The Labute approximate surface area is 90.6 Å². The molecule has 5 heteroatoms. The van der Waals surface area contributed by atoms with Crippen molar-refractivity contribution in [2.24, 2.45) is 0 Å². The van der Waals surface area contributed by atoms with Crippen LogP contribution in [-0.2, 0) is 0 Å². The van der Waals surface area contributed by atoms with Gasteiger partial charge in [0, 0.05) is 11.8 Å². The van der Waals surface area contributed by atoms with Crippen LogP contribution < -0.4 is 0 Å². The Balaban J connectivity index is 3.09. The zero-order chi connectivity index (χ0) is 9.14. The molecule has 12 heavy (non-hydrogen) atoms. The van der Waals surface area contributed by atoms with Gasteiger partial charge in [0.2, 0.25) is 0 Å². The Kier molecular flexibility index (Phi) is 3.91. The van der Waals surface area contributed by atoms with E-state index in [1.165, 1.54) is 0 Å². The standard InChI is InChI=1S/C7H5Cl4N/c8-6(9)4-2-1-3-12-5(4)7(10)11/h1-3,6-7H. The highest BCUT2D eigenvalue weighted by Gasteiger charge is 2.15. The van der Waals surface area contributed by atoms with Crippen molar-refractivity contribution in [3.63, 3.8) is 0 Å². The number of alkyl halides is 4. The van der Waals surface area contributed by atoms with E-state index in [1.54, 1.807) is 18.3 Å². The van der Waals surface area contributed by atoms with Crippen LogP contribution in [-0.4, -0.2) is 4.98 Å². The van der Waals surface area contributed by atoms with Gasteiger partial charge in [-0.3, -0.25) is 4.98 Å². The lowest BCUT2D eigenvalue weighted by Gasteiger charge is -2.08. The lowest BCUT2D eigenvalue weighted by molar-refractivity contribution is 1.08. The number of nitrogens with zero attached hydrogens (tertiary/aromatic N) is 1. The summed E-state index contributed by atoms with van der Waals surface area (Å²) in [5.74, 6) is 0. The molecule has 0 aliphatic rings. The Hall–Kier alpha value is 0.310. The maximum atomic E-state index is 5.66. The van der Waals surface area contributed by atoms with E-state index in [9.17, 15) is 0 Å². The Morgan fingerprint density at radius 1 is 1.08 bits per heavy atom. The van der Waals surface area contributed by atoms with Crippen molar-refractivity contribution in [3.8, 4) is 0 Å². The predicted octanol–water partition coefficient (Wildman–Crippen LogP) is 4.03. The zero-order valence-corrected chi connectivity index (χ0v) is 8.87. The quantitative estimate of drug-likeness (QED) is 0.716. The molecule has 0 atom stereocenters. The van der Waals surface area contributed by atoms with Gasteiger partial charge in [-0.15, -0.1) is 0 Å². The van der Waals surface area contributed by atoms with Crippen molar-refractivity contribution in [3.05, 3.63) is 29.6 Å². The Bertz CT molecular complexity index is 234. The lowest BCUT2D eigenvalue weighted by Crippen LogP contribution is -1.95. The summed E-state index contributed by atoms with van der Waals surface area (Å²) in [5.41, 5.74) is 1.16. The molecule has 0 bridgehead atoms. The van der Waals surface area contributed by atoms with E-state index in [4.69, 9.17) is 46.4 Å². The first-order valence-corrected chi connectivity index (χ1v) is 4.88. The van der Waals surface area contributed by atoms with Gasteiger partial charge < -0.3 is 0 Å². The number of hydrogen-bond donors (Lipinski definition) is 0. The Morgan fingerprint density at radius 2 is 1.75 bits per heavy atom. The first-order valence-electron chi connectivity index (χ1n) is 3.14. The minimum Gasteiger partial charge on any atom is -0.258 e. The third kappa shape index (κ3) is 2.40. The van der Waals surface area contributed by atoms with Gasteiger partial charge in [0.25, 0.3) is 0 Å². The van der Waals surface area contributed by atoms with Crippen molar-refractivity contribution < 1.29 is 0 Å². The van der Waals surface area contributed by atoms with Crippen molar-refractivity contribution in [2.75, 3.05) is 0 Å². The van der Waals surface area contributed by atoms with Crippen LogP contribution in [0.5, 0.6) is 0 Å². The van der Waals surface area contributed by atoms with Gasteiger partial charge in [-0.05, 0) is 6.07 Å². The molecule has 0 spiro atoms. The van der Waals surface area contributed by atoms with Crippen molar-refractivity contribution >= 4 is 46.4 Å². The van der Waals surface area contributed by atoms with Gasteiger partial charge in [0.15, 0.2) is 0 Å². The Morgan fingerprint density at radius 3 is 2.17 bits per heavy atom. The average molecular weight is 245 g/mol. The van der Waals surface area contributed by atoms with Gasteiger partial charge in [-0.25, -0.2) is 0 Å². The van der Waals surface area contributed by atoms with Crippen LogP contribution in [0.1, 0.15) is 20.9 Å². The van der Waals surface area contributed by atoms with Crippen LogP contribution in [0.2, 0.25) is 0 Å². The van der Waals surface area contributed by atoms with Crippen molar-refractivity contribution in [2.45, 2.75) is 9.67 Å². The molecule has 0 amide bonds. The van der Waals surface area contributed by atoms with E-state index in [2.05, 4.69) is 4.98 Å². The highest BCUT2D eigenvalue weighted by atomic mass is 35.5. The van der Waals surface area contributed by atoms with Crippen molar-refractivity contribution in [1.82, 2.24) is 4.98 Å². The second-order valence-electron chi connectivity index (χ2n) is 2.08. The topological polar surface area (TPSA) is 12.9 Å². The molecule has 0 radical (unpaired) electrons. The zero-order valence-electron chi connectivity index (χ0n) is 5.85. The molecular formula is C7H5Cl4N. The second-order valence-corrected chi connectivity index (χ2v) is 4.27. The molecule has 1 aromatic heterocycles. The van der Waals surface area contributed by atoms with E-state index in [-0.39, 0.29) is 0 Å². The lowest BCUT2D eigenvalue weighted by atomic mass is 10.2. The third-order valence-electron chi connectivity index (χ3n) is 1.31. The largest absolute Gasteiger partial charge is 0.258 e. The summed E-state index contributed by atoms with van der Waals surface area (Å²) in [6.07, 6.45) is 1.59. The fourth-order valence-electron chi connectivity index (χ4n) is 0.797. The van der Waals surface area contributed by atoms with E-state index >= 15 is 0 Å². The molecule has 0 unspecified atom stereocenters. The van der Waals surface area contributed by atoms with Crippen LogP contribution in [0.4, 0.5) is 0 Å². The summed E-state index contributed by atoms with van der Waals surface area (Å²) in [7, 11) is 0. The minimum atomic E-state index is -0.693. The molecule has 0 saturated carbocycles. The van der Waals surface area contributed by atoms with Gasteiger partial charge >= 0.3 is 0 Å². The minimum absolute atomic E-state index is 0.510. The molecule has 0 N–H and O–H groups in total. The van der Waals surface area contributed by atoms with Crippen LogP contribution in [0.3, 0.4) is 0 Å². The molecule has 66 valence electrons. The van der Waals surface area contributed by atoms with Crippen LogP contribution in [0, 0.1) is 0 Å². The average Bonchev–Trinajstić information content (AvgIpc) is 2.04. The van der Waals surface area contributed by atoms with Crippen LogP contribution in [0.15, 0.2) is 18.3 Å². The predicted molar refractivity (Wildman–Crippen MR) is 53.1 cm³/mol. The summed E-state index contributed by atoms with van der Waals surface area (Å²) >= 11 is 22.6. The fraction of sp³-hybridized carbons (Fsp3) is 0.286. The number of halogens is 4. The highest BCUT2D eigenvalue weighted by molar-refractivity contribution is 6.46.